The number of anilines is 1. The summed E-state index contributed by atoms with van der Waals surface area (Å²) in [5.74, 6) is -0.371. The van der Waals surface area contributed by atoms with Gasteiger partial charge in [0.1, 0.15) is 5.69 Å². The Morgan fingerprint density at radius 3 is 2.81 bits per heavy atom. The molecule has 1 aromatic carbocycles. The number of hydrogen-bond acceptors (Lipinski definition) is 5. The molecule has 0 saturated heterocycles. The largest absolute Gasteiger partial charge is 0.399 e. The first-order valence-corrected chi connectivity index (χ1v) is 6.92. The van der Waals surface area contributed by atoms with E-state index in [1.54, 1.807) is 18.2 Å². The minimum atomic E-state index is -0.578. The molecule has 6 nitrogen and oxygen atoms in total. The lowest BCUT2D eigenvalue weighted by Crippen LogP contribution is -2.33. The van der Waals surface area contributed by atoms with E-state index < -0.39 is 5.41 Å². The number of carbonyl (C=O) groups is 1. The van der Waals surface area contributed by atoms with E-state index in [1.807, 2.05) is 20.8 Å². The Hall–Kier alpha value is -2.08. The van der Waals surface area contributed by atoms with E-state index in [4.69, 9.17) is 22.2 Å². The smallest absolute Gasteiger partial charge is 0.340 e. The standard InChI is InChI=1S/C14H17ClN4O2/c1-4-14(2,3)13(20)21-19-8-12(17-18-19)10-6-5-9(16)7-11(10)15/h5-8H,4,16H2,1-3H3. The lowest BCUT2D eigenvalue weighted by molar-refractivity contribution is -0.156. The van der Waals surface area contributed by atoms with Crippen molar-refractivity contribution < 1.29 is 9.63 Å². The number of halogens is 1. The van der Waals surface area contributed by atoms with Crippen LogP contribution in [0.5, 0.6) is 0 Å². The van der Waals surface area contributed by atoms with E-state index in [0.717, 1.165) is 4.85 Å². The van der Waals surface area contributed by atoms with Crippen molar-refractivity contribution >= 4 is 23.3 Å². The fraction of sp³-hybridized carbons (Fsp3) is 0.357. The molecular weight excluding hydrogens is 292 g/mol. The maximum atomic E-state index is 12.0. The Morgan fingerprint density at radius 1 is 1.48 bits per heavy atom. The van der Waals surface area contributed by atoms with Crippen LogP contribution in [0.15, 0.2) is 24.4 Å². The Labute approximate surface area is 127 Å². The first kappa shape index (κ1) is 15.3. The number of carbonyl (C=O) groups excluding carboxylic acids is 1. The van der Waals surface area contributed by atoms with Gasteiger partial charge in [0.05, 0.1) is 16.6 Å². The highest BCUT2D eigenvalue weighted by Gasteiger charge is 2.28. The van der Waals surface area contributed by atoms with Crippen LogP contribution in [0.4, 0.5) is 5.69 Å². The second-order valence-electron chi connectivity index (χ2n) is 5.36. The summed E-state index contributed by atoms with van der Waals surface area (Å²) in [7, 11) is 0. The second kappa shape index (κ2) is 5.73. The Balaban J connectivity index is 2.21. The van der Waals surface area contributed by atoms with E-state index in [2.05, 4.69) is 10.3 Å². The molecule has 2 N–H and O–H groups in total. The average Bonchev–Trinajstić information content (AvgIpc) is 2.86. The summed E-state index contributed by atoms with van der Waals surface area (Å²) < 4.78 is 0. The molecular formula is C14H17ClN4O2. The normalized spacial score (nSPS) is 11.4. The second-order valence-corrected chi connectivity index (χ2v) is 5.77. The first-order chi connectivity index (χ1) is 9.83. The lowest BCUT2D eigenvalue weighted by Gasteiger charge is -2.18. The number of hydrogen-bond donors (Lipinski definition) is 1. The van der Waals surface area contributed by atoms with E-state index in [9.17, 15) is 4.79 Å². The van der Waals surface area contributed by atoms with Crippen molar-refractivity contribution in [3.05, 3.63) is 29.4 Å². The highest BCUT2D eigenvalue weighted by atomic mass is 35.5. The molecule has 21 heavy (non-hydrogen) atoms. The molecule has 0 fully saturated rings. The molecule has 1 heterocycles. The predicted octanol–water partition coefficient (Wildman–Crippen LogP) is 2.57. The fourth-order valence-corrected chi connectivity index (χ4v) is 1.79. The molecule has 112 valence electrons. The van der Waals surface area contributed by atoms with Crippen molar-refractivity contribution in [1.29, 1.82) is 0 Å². The number of nitrogens with zero attached hydrogens (tertiary/aromatic N) is 3. The van der Waals surface area contributed by atoms with E-state index in [1.165, 1.54) is 6.20 Å². The van der Waals surface area contributed by atoms with Crippen LogP contribution >= 0.6 is 11.6 Å². The molecule has 0 unspecified atom stereocenters. The van der Waals surface area contributed by atoms with Gasteiger partial charge >= 0.3 is 5.97 Å². The molecule has 0 radical (unpaired) electrons. The van der Waals surface area contributed by atoms with Crippen molar-refractivity contribution in [2.45, 2.75) is 27.2 Å². The van der Waals surface area contributed by atoms with Crippen LogP contribution < -0.4 is 10.6 Å². The van der Waals surface area contributed by atoms with Crippen molar-refractivity contribution in [3.63, 3.8) is 0 Å². The molecule has 0 aliphatic rings. The zero-order chi connectivity index (χ0) is 15.6. The Morgan fingerprint density at radius 2 is 2.19 bits per heavy atom. The van der Waals surface area contributed by atoms with Crippen LogP contribution in [0, 0.1) is 5.41 Å². The molecule has 0 aliphatic heterocycles. The van der Waals surface area contributed by atoms with Gasteiger partial charge in [-0.1, -0.05) is 23.4 Å². The van der Waals surface area contributed by atoms with Crippen LogP contribution in [-0.2, 0) is 4.79 Å². The minimum absolute atomic E-state index is 0.371. The molecule has 0 aliphatic carbocycles. The summed E-state index contributed by atoms with van der Waals surface area (Å²) in [5.41, 5.74) is 6.80. The number of nitrogen functional groups attached to an aromatic ring is 1. The van der Waals surface area contributed by atoms with E-state index in [-0.39, 0.29) is 5.97 Å². The van der Waals surface area contributed by atoms with Gasteiger partial charge in [0.25, 0.3) is 0 Å². The molecule has 0 spiro atoms. The Bertz CT molecular complexity index is 667. The first-order valence-electron chi connectivity index (χ1n) is 6.54. The molecule has 0 amide bonds. The van der Waals surface area contributed by atoms with Gasteiger partial charge in [-0.15, -0.1) is 5.10 Å². The fourth-order valence-electron chi connectivity index (χ4n) is 1.51. The monoisotopic (exact) mass is 308 g/mol. The molecule has 1 aromatic heterocycles. The van der Waals surface area contributed by atoms with Gasteiger partial charge in [-0.2, -0.15) is 0 Å². The van der Waals surface area contributed by atoms with Gasteiger partial charge in [-0.3, -0.25) is 0 Å². The lowest BCUT2D eigenvalue weighted by atomic mass is 9.91. The molecule has 0 atom stereocenters. The third-order valence-corrected chi connectivity index (χ3v) is 3.67. The topological polar surface area (TPSA) is 83.0 Å². The third kappa shape index (κ3) is 3.33. The molecule has 2 rings (SSSR count). The summed E-state index contributed by atoms with van der Waals surface area (Å²) in [4.78, 5) is 18.2. The van der Waals surface area contributed by atoms with Gasteiger partial charge in [0, 0.05) is 11.3 Å². The van der Waals surface area contributed by atoms with Gasteiger partial charge in [-0.25, -0.2) is 4.79 Å². The van der Waals surface area contributed by atoms with Crippen LogP contribution in [0.25, 0.3) is 11.3 Å². The minimum Gasteiger partial charge on any atom is -0.399 e. The summed E-state index contributed by atoms with van der Waals surface area (Å²) >= 11 is 6.11. The highest BCUT2D eigenvalue weighted by Crippen LogP contribution is 2.27. The Kier molecular flexibility index (Phi) is 4.18. The average molecular weight is 309 g/mol. The number of aromatic nitrogens is 3. The zero-order valence-electron chi connectivity index (χ0n) is 12.1. The number of benzene rings is 1. The van der Waals surface area contributed by atoms with Crippen LogP contribution in [0.2, 0.25) is 5.02 Å². The van der Waals surface area contributed by atoms with E-state index >= 15 is 0 Å². The van der Waals surface area contributed by atoms with Crippen molar-refractivity contribution in [2.24, 2.45) is 5.41 Å². The van der Waals surface area contributed by atoms with Gasteiger partial charge in [-0.05, 0) is 43.7 Å². The molecule has 0 saturated carbocycles. The summed E-state index contributed by atoms with van der Waals surface area (Å²) in [6.07, 6.45) is 2.16. The van der Waals surface area contributed by atoms with Gasteiger partial charge < -0.3 is 10.6 Å². The zero-order valence-corrected chi connectivity index (χ0v) is 12.9. The van der Waals surface area contributed by atoms with Crippen LogP contribution in [0.1, 0.15) is 27.2 Å². The maximum Gasteiger partial charge on any atom is 0.340 e. The molecule has 2 aromatic rings. The van der Waals surface area contributed by atoms with Crippen molar-refractivity contribution in [2.75, 3.05) is 5.73 Å². The predicted molar refractivity (Wildman–Crippen MR) is 80.5 cm³/mol. The summed E-state index contributed by atoms with van der Waals surface area (Å²) in [5, 5.41) is 8.19. The SMILES string of the molecule is CCC(C)(C)C(=O)On1cc(-c2ccc(N)cc2Cl)nn1. The molecule has 0 bridgehead atoms. The molecule has 7 heteroatoms. The summed E-state index contributed by atoms with van der Waals surface area (Å²) in [6.45, 7) is 5.54. The quantitative estimate of drug-likeness (QED) is 0.693. The third-order valence-electron chi connectivity index (χ3n) is 3.36. The maximum absolute atomic E-state index is 12.0. The number of nitrogens with two attached hydrogens (primary N) is 1. The van der Waals surface area contributed by atoms with E-state index in [0.29, 0.717) is 28.4 Å². The van der Waals surface area contributed by atoms with Crippen LogP contribution in [0.3, 0.4) is 0 Å². The van der Waals surface area contributed by atoms with Gasteiger partial charge in [0.15, 0.2) is 0 Å². The van der Waals surface area contributed by atoms with Crippen LogP contribution in [-0.4, -0.2) is 21.1 Å². The van der Waals surface area contributed by atoms with Gasteiger partial charge in [0.2, 0.25) is 0 Å². The van der Waals surface area contributed by atoms with Crippen molar-refractivity contribution in [3.8, 4) is 11.3 Å². The van der Waals surface area contributed by atoms with Crippen molar-refractivity contribution in [1.82, 2.24) is 15.2 Å². The number of rotatable bonds is 4. The summed E-state index contributed by atoms with van der Waals surface area (Å²) in [6, 6.07) is 5.08. The highest BCUT2D eigenvalue weighted by molar-refractivity contribution is 6.33.